The van der Waals surface area contributed by atoms with E-state index < -0.39 is 6.04 Å². The number of carbonyl (C=O) groups excluding carboxylic acids is 1. The Morgan fingerprint density at radius 2 is 2.47 bits per heavy atom. The summed E-state index contributed by atoms with van der Waals surface area (Å²) in [6, 6.07) is 7.21. The second-order valence-corrected chi connectivity index (χ2v) is 5.47. The zero-order valence-corrected chi connectivity index (χ0v) is 12.5. The van der Waals surface area contributed by atoms with Gasteiger partial charge in [-0.05, 0) is 30.5 Å². The van der Waals surface area contributed by atoms with Gasteiger partial charge < -0.3 is 9.47 Å². The molecule has 0 radical (unpaired) electrons. The van der Waals surface area contributed by atoms with Gasteiger partial charge in [-0.15, -0.1) is 0 Å². The number of halogens is 1. The molecule has 2 rings (SSSR count). The minimum Gasteiger partial charge on any atom is -0.468 e. The largest absolute Gasteiger partial charge is 0.468 e. The average molecular weight is 328 g/mol. The fraction of sp³-hybridized carbons (Fsp3) is 0.500. The summed E-state index contributed by atoms with van der Waals surface area (Å²) in [5.41, 5.74) is 0.888. The summed E-state index contributed by atoms with van der Waals surface area (Å²) in [6.45, 7) is 1.47. The van der Waals surface area contributed by atoms with Gasteiger partial charge in [0.2, 0.25) is 0 Å². The number of rotatable bonds is 5. The van der Waals surface area contributed by atoms with E-state index in [9.17, 15) is 4.79 Å². The average Bonchev–Trinajstić information content (AvgIpc) is 2.92. The number of hydrogen-bond acceptors (Lipinski definition) is 4. The van der Waals surface area contributed by atoms with Crippen LogP contribution in [0.25, 0.3) is 0 Å². The van der Waals surface area contributed by atoms with Crippen LogP contribution in [-0.2, 0) is 14.3 Å². The summed E-state index contributed by atoms with van der Waals surface area (Å²) in [4.78, 5) is 11.9. The van der Waals surface area contributed by atoms with E-state index in [0.29, 0.717) is 6.54 Å². The van der Waals surface area contributed by atoms with Gasteiger partial charge in [-0.25, -0.2) is 4.79 Å². The van der Waals surface area contributed by atoms with Crippen LogP contribution in [0.4, 0.5) is 0 Å². The van der Waals surface area contributed by atoms with Gasteiger partial charge in [0.1, 0.15) is 6.04 Å². The first-order chi connectivity index (χ1) is 9.20. The molecule has 2 atom stereocenters. The topological polar surface area (TPSA) is 47.6 Å². The summed E-state index contributed by atoms with van der Waals surface area (Å²) >= 11 is 3.41. The van der Waals surface area contributed by atoms with Crippen LogP contribution in [0, 0.1) is 0 Å². The van der Waals surface area contributed by atoms with Gasteiger partial charge in [-0.2, -0.15) is 0 Å². The zero-order chi connectivity index (χ0) is 13.7. The maximum Gasteiger partial charge on any atom is 0.327 e. The van der Waals surface area contributed by atoms with Crippen molar-refractivity contribution in [2.45, 2.75) is 25.0 Å². The molecule has 0 spiro atoms. The normalized spacial score (nSPS) is 20.2. The van der Waals surface area contributed by atoms with Crippen molar-refractivity contribution in [2.75, 3.05) is 20.3 Å². The standard InChI is InChI=1S/C14H18BrNO3/c1-18-14(17)13(10-4-2-5-11(15)8-10)16-9-12-6-3-7-19-12/h2,4-5,8,12-13,16H,3,6-7,9H2,1H3. The molecule has 0 saturated carbocycles. The van der Waals surface area contributed by atoms with Gasteiger partial charge >= 0.3 is 5.97 Å². The molecule has 1 aromatic rings. The van der Waals surface area contributed by atoms with Crippen LogP contribution < -0.4 is 5.32 Å². The third-order valence-corrected chi connectivity index (χ3v) is 3.69. The lowest BCUT2D eigenvalue weighted by Crippen LogP contribution is -2.35. The van der Waals surface area contributed by atoms with E-state index in [2.05, 4.69) is 21.2 Å². The Morgan fingerprint density at radius 3 is 3.11 bits per heavy atom. The van der Waals surface area contributed by atoms with Crippen molar-refractivity contribution in [1.82, 2.24) is 5.32 Å². The summed E-state index contributed by atoms with van der Waals surface area (Å²) in [5.74, 6) is -0.281. The fourth-order valence-electron chi connectivity index (χ4n) is 2.20. The smallest absolute Gasteiger partial charge is 0.327 e. The van der Waals surface area contributed by atoms with Crippen LogP contribution in [0.15, 0.2) is 28.7 Å². The second-order valence-electron chi connectivity index (χ2n) is 4.55. The summed E-state index contributed by atoms with van der Waals surface area (Å²) in [7, 11) is 1.40. The molecule has 4 nitrogen and oxygen atoms in total. The molecule has 1 N–H and O–H groups in total. The highest BCUT2D eigenvalue weighted by molar-refractivity contribution is 9.10. The lowest BCUT2D eigenvalue weighted by Gasteiger charge is -2.19. The van der Waals surface area contributed by atoms with Crippen molar-refractivity contribution in [3.05, 3.63) is 34.3 Å². The van der Waals surface area contributed by atoms with Gasteiger partial charge in [0.25, 0.3) is 0 Å². The lowest BCUT2D eigenvalue weighted by atomic mass is 10.1. The molecule has 0 amide bonds. The molecule has 19 heavy (non-hydrogen) atoms. The fourth-order valence-corrected chi connectivity index (χ4v) is 2.61. The number of hydrogen-bond donors (Lipinski definition) is 1. The second kappa shape index (κ2) is 7.03. The summed E-state index contributed by atoms with van der Waals surface area (Å²) in [5, 5.41) is 3.24. The SMILES string of the molecule is COC(=O)C(NCC1CCCO1)c1cccc(Br)c1. The van der Waals surface area contributed by atoms with E-state index in [1.165, 1.54) is 7.11 Å². The Balaban J connectivity index is 2.04. The number of carbonyl (C=O) groups is 1. The minimum atomic E-state index is -0.452. The molecule has 1 aromatic carbocycles. The van der Waals surface area contributed by atoms with Crippen molar-refractivity contribution in [3.8, 4) is 0 Å². The highest BCUT2D eigenvalue weighted by Gasteiger charge is 2.24. The Labute approximate surface area is 121 Å². The molecule has 0 aromatic heterocycles. The summed E-state index contributed by atoms with van der Waals surface area (Å²) in [6.07, 6.45) is 2.32. The maximum atomic E-state index is 11.9. The van der Waals surface area contributed by atoms with Crippen LogP contribution in [0.2, 0.25) is 0 Å². The van der Waals surface area contributed by atoms with Crippen molar-refractivity contribution in [2.24, 2.45) is 0 Å². The molecule has 1 aliphatic rings. The minimum absolute atomic E-state index is 0.194. The first-order valence-electron chi connectivity index (χ1n) is 6.39. The highest BCUT2D eigenvalue weighted by Crippen LogP contribution is 2.20. The van der Waals surface area contributed by atoms with Gasteiger partial charge in [-0.1, -0.05) is 28.1 Å². The predicted octanol–water partition coefficient (Wildman–Crippen LogP) is 2.43. The number of esters is 1. The molecule has 1 aliphatic heterocycles. The van der Waals surface area contributed by atoms with Crippen molar-refractivity contribution < 1.29 is 14.3 Å². The van der Waals surface area contributed by atoms with E-state index >= 15 is 0 Å². The van der Waals surface area contributed by atoms with E-state index in [1.807, 2.05) is 24.3 Å². The van der Waals surface area contributed by atoms with Gasteiger partial charge in [0.15, 0.2) is 0 Å². The zero-order valence-electron chi connectivity index (χ0n) is 10.9. The molecule has 1 fully saturated rings. The van der Waals surface area contributed by atoms with E-state index in [0.717, 1.165) is 29.5 Å². The Kier molecular flexibility index (Phi) is 5.36. The molecular weight excluding hydrogens is 310 g/mol. The summed E-state index contributed by atoms with van der Waals surface area (Å²) < 4.78 is 11.4. The molecule has 5 heteroatoms. The van der Waals surface area contributed by atoms with Gasteiger partial charge in [0, 0.05) is 17.6 Å². The van der Waals surface area contributed by atoms with Gasteiger partial charge in [-0.3, -0.25) is 5.32 Å². The third kappa shape index (κ3) is 4.03. The van der Waals surface area contributed by atoms with Crippen LogP contribution in [0.3, 0.4) is 0 Å². The van der Waals surface area contributed by atoms with Crippen LogP contribution >= 0.6 is 15.9 Å². The molecular formula is C14H18BrNO3. The molecule has 0 aliphatic carbocycles. The van der Waals surface area contributed by atoms with Crippen LogP contribution in [0.5, 0.6) is 0 Å². The highest BCUT2D eigenvalue weighted by atomic mass is 79.9. The Hall–Kier alpha value is -0.910. The molecule has 0 bridgehead atoms. The predicted molar refractivity (Wildman–Crippen MR) is 75.9 cm³/mol. The Bertz CT molecular complexity index is 432. The quantitative estimate of drug-likeness (QED) is 0.844. The van der Waals surface area contributed by atoms with Gasteiger partial charge in [0.05, 0.1) is 13.2 Å². The van der Waals surface area contributed by atoms with E-state index in [4.69, 9.17) is 9.47 Å². The lowest BCUT2D eigenvalue weighted by molar-refractivity contribution is -0.143. The first-order valence-corrected chi connectivity index (χ1v) is 7.18. The number of nitrogens with one attached hydrogen (secondary N) is 1. The number of methoxy groups -OCH3 is 1. The molecule has 1 heterocycles. The third-order valence-electron chi connectivity index (χ3n) is 3.19. The first kappa shape index (κ1) is 14.5. The molecule has 2 unspecified atom stereocenters. The van der Waals surface area contributed by atoms with Crippen molar-refractivity contribution >= 4 is 21.9 Å². The number of benzene rings is 1. The monoisotopic (exact) mass is 327 g/mol. The molecule has 104 valence electrons. The van der Waals surface area contributed by atoms with Crippen LogP contribution in [-0.4, -0.2) is 32.3 Å². The number of ether oxygens (including phenoxy) is 2. The maximum absolute atomic E-state index is 11.9. The van der Waals surface area contributed by atoms with Crippen molar-refractivity contribution in [1.29, 1.82) is 0 Å². The molecule has 1 saturated heterocycles. The van der Waals surface area contributed by atoms with Crippen LogP contribution in [0.1, 0.15) is 24.4 Å². The Morgan fingerprint density at radius 1 is 1.63 bits per heavy atom. The van der Waals surface area contributed by atoms with E-state index in [-0.39, 0.29) is 12.1 Å². The van der Waals surface area contributed by atoms with Crippen molar-refractivity contribution in [3.63, 3.8) is 0 Å². The van der Waals surface area contributed by atoms with E-state index in [1.54, 1.807) is 0 Å².